The predicted octanol–water partition coefficient (Wildman–Crippen LogP) is 2.65. The highest BCUT2D eigenvalue weighted by molar-refractivity contribution is 7.13. The SMILES string of the molecule is CC(=O)Nc1nc(CC(=O)NCCC2=CCCCC2)cs1. The van der Waals surface area contributed by atoms with E-state index in [-0.39, 0.29) is 18.2 Å². The van der Waals surface area contributed by atoms with Gasteiger partial charge in [-0.05, 0) is 32.1 Å². The van der Waals surface area contributed by atoms with E-state index in [1.807, 2.05) is 0 Å². The lowest BCUT2D eigenvalue weighted by Crippen LogP contribution is -2.26. The molecule has 1 aromatic heterocycles. The average Bonchev–Trinajstić information content (AvgIpc) is 2.86. The number of rotatable bonds is 6. The molecule has 21 heavy (non-hydrogen) atoms. The summed E-state index contributed by atoms with van der Waals surface area (Å²) in [5.74, 6) is -0.174. The lowest BCUT2D eigenvalue weighted by molar-refractivity contribution is -0.120. The molecule has 0 unspecified atom stereocenters. The minimum atomic E-state index is -0.152. The molecule has 1 heterocycles. The van der Waals surface area contributed by atoms with Crippen molar-refractivity contribution in [1.29, 1.82) is 0 Å². The summed E-state index contributed by atoms with van der Waals surface area (Å²) < 4.78 is 0. The molecule has 1 aliphatic rings. The van der Waals surface area contributed by atoms with E-state index in [1.54, 1.807) is 5.38 Å². The van der Waals surface area contributed by atoms with Crippen LogP contribution in [0.3, 0.4) is 0 Å². The molecule has 2 rings (SSSR count). The van der Waals surface area contributed by atoms with Crippen LogP contribution in [0.25, 0.3) is 0 Å². The summed E-state index contributed by atoms with van der Waals surface area (Å²) in [6.45, 7) is 2.13. The van der Waals surface area contributed by atoms with Crippen molar-refractivity contribution < 1.29 is 9.59 Å². The van der Waals surface area contributed by atoms with Gasteiger partial charge in [0.15, 0.2) is 5.13 Å². The lowest BCUT2D eigenvalue weighted by atomic mass is 9.97. The Kier molecular flexibility index (Phi) is 5.92. The molecular weight excluding hydrogens is 286 g/mol. The zero-order valence-electron chi connectivity index (χ0n) is 12.3. The van der Waals surface area contributed by atoms with E-state index in [4.69, 9.17) is 0 Å². The van der Waals surface area contributed by atoms with Crippen LogP contribution >= 0.6 is 11.3 Å². The molecule has 2 amide bonds. The van der Waals surface area contributed by atoms with Gasteiger partial charge in [0.05, 0.1) is 12.1 Å². The van der Waals surface area contributed by atoms with Crippen LogP contribution in [0.4, 0.5) is 5.13 Å². The fourth-order valence-corrected chi connectivity index (χ4v) is 3.07. The first kappa shape index (κ1) is 15.7. The first-order chi connectivity index (χ1) is 10.1. The molecule has 0 spiro atoms. The molecule has 5 nitrogen and oxygen atoms in total. The Hall–Kier alpha value is -1.69. The molecule has 1 aliphatic carbocycles. The van der Waals surface area contributed by atoms with E-state index in [9.17, 15) is 9.59 Å². The van der Waals surface area contributed by atoms with Crippen molar-refractivity contribution >= 4 is 28.3 Å². The van der Waals surface area contributed by atoms with Gasteiger partial charge in [-0.15, -0.1) is 11.3 Å². The van der Waals surface area contributed by atoms with Crippen LogP contribution in [0.1, 0.15) is 44.7 Å². The quantitative estimate of drug-likeness (QED) is 0.794. The van der Waals surface area contributed by atoms with Crippen molar-refractivity contribution in [2.75, 3.05) is 11.9 Å². The summed E-state index contributed by atoms with van der Waals surface area (Å²) in [5, 5.41) is 7.88. The number of nitrogens with one attached hydrogen (secondary N) is 2. The van der Waals surface area contributed by atoms with Gasteiger partial charge in [-0.3, -0.25) is 9.59 Å². The third-order valence-electron chi connectivity index (χ3n) is 3.33. The first-order valence-corrected chi connectivity index (χ1v) is 8.18. The summed E-state index contributed by atoms with van der Waals surface area (Å²) in [7, 11) is 0. The Morgan fingerprint density at radius 3 is 2.95 bits per heavy atom. The second-order valence-corrected chi connectivity index (χ2v) is 6.07. The monoisotopic (exact) mass is 307 g/mol. The number of anilines is 1. The number of allylic oxidation sites excluding steroid dienone is 1. The van der Waals surface area contributed by atoms with Crippen molar-refractivity contribution in [2.45, 2.75) is 45.4 Å². The smallest absolute Gasteiger partial charge is 0.226 e. The van der Waals surface area contributed by atoms with Crippen LogP contribution < -0.4 is 10.6 Å². The number of amides is 2. The molecule has 0 atom stereocenters. The van der Waals surface area contributed by atoms with Gasteiger partial charge < -0.3 is 10.6 Å². The Morgan fingerprint density at radius 2 is 2.24 bits per heavy atom. The summed E-state index contributed by atoms with van der Waals surface area (Å²) in [6.07, 6.45) is 8.40. The number of nitrogens with zero attached hydrogens (tertiary/aromatic N) is 1. The summed E-state index contributed by atoms with van der Waals surface area (Å²) in [4.78, 5) is 26.9. The van der Waals surface area contributed by atoms with Crippen LogP contribution in [0.5, 0.6) is 0 Å². The molecule has 2 N–H and O–H groups in total. The van der Waals surface area contributed by atoms with Gasteiger partial charge in [-0.1, -0.05) is 11.6 Å². The predicted molar refractivity (Wildman–Crippen MR) is 84.3 cm³/mol. The van der Waals surface area contributed by atoms with Gasteiger partial charge in [0.2, 0.25) is 11.8 Å². The highest BCUT2D eigenvalue weighted by Crippen LogP contribution is 2.19. The number of carbonyl (C=O) groups is 2. The maximum Gasteiger partial charge on any atom is 0.226 e. The second-order valence-electron chi connectivity index (χ2n) is 5.21. The Labute approximate surface area is 128 Å². The zero-order chi connectivity index (χ0) is 15.1. The summed E-state index contributed by atoms with van der Waals surface area (Å²) in [6, 6.07) is 0. The largest absolute Gasteiger partial charge is 0.355 e. The standard InChI is InChI=1S/C15H21N3O2S/c1-11(19)17-15-18-13(10-21-15)9-14(20)16-8-7-12-5-3-2-4-6-12/h5,10H,2-4,6-9H2,1H3,(H,16,20)(H,17,18,19). The van der Waals surface area contributed by atoms with Gasteiger partial charge in [-0.2, -0.15) is 0 Å². The Bertz CT molecular complexity index is 537. The van der Waals surface area contributed by atoms with Gasteiger partial charge in [-0.25, -0.2) is 4.98 Å². The van der Waals surface area contributed by atoms with E-state index >= 15 is 0 Å². The molecular formula is C15H21N3O2S. The summed E-state index contributed by atoms with van der Waals surface area (Å²) in [5.41, 5.74) is 2.15. The van der Waals surface area contributed by atoms with Crippen molar-refractivity contribution in [1.82, 2.24) is 10.3 Å². The maximum absolute atomic E-state index is 11.8. The molecule has 1 aromatic rings. The molecule has 0 bridgehead atoms. The molecule has 114 valence electrons. The number of hydrogen-bond acceptors (Lipinski definition) is 4. The van der Waals surface area contributed by atoms with Gasteiger partial charge in [0.1, 0.15) is 0 Å². The highest BCUT2D eigenvalue weighted by Gasteiger charge is 2.09. The Balaban J connectivity index is 1.70. The number of hydrogen-bond donors (Lipinski definition) is 2. The zero-order valence-corrected chi connectivity index (χ0v) is 13.1. The third-order valence-corrected chi connectivity index (χ3v) is 4.14. The van der Waals surface area contributed by atoms with Gasteiger partial charge in [0, 0.05) is 18.8 Å². The minimum absolute atomic E-state index is 0.0221. The van der Waals surface area contributed by atoms with Crippen LogP contribution in [-0.4, -0.2) is 23.3 Å². The van der Waals surface area contributed by atoms with Crippen molar-refractivity contribution in [3.05, 3.63) is 22.7 Å². The molecule has 0 saturated carbocycles. The number of aromatic nitrogens is 1. The van der Waals surface area contributed by atoms with Crippen molar-refractivity contribution in [3.8, 4) is 0 Å². The summed E-state index contributed by atoms with van der Waals surface area (Å²) >= 11 is 1.33. The normalized spacial score (nSPS) is 14.4. The Morgan fingerprint density at radius 1 is 1.38 bits per heavy atom. The topological polar surface area (TPSA) is 71.1 Å². The van der Waals surface area contributed by atoms with Crippen molar-refractivity contribution in [3.63, 3.8) is 0 Å². The average molecular weight is 307 g/mol. The molecule has 6 heteroatoms. The van der Waals surface area contributed by atoms with Crippen LogP contribution in [0.15, 0.2) is 17.0 Å². The van der Waals surface area contributed by atoms with Crippen molar-refractivity contribution in [2.24, 2.45) is 0 Å². The van der Waals surface area contributed by atoms with Crippen LogP contribution in [-0.2, 0) is 16.0 Å². The fraction of sp³-hybridized carbons (Fsp3) is 0.533. The van der Waals surface area contributed by atoms with E-state index in [1.165, 1.54) is 49.5 Å². The van der Waals surface area contributed by atoms with Crippen LogP contribution in [0, 0.1) is 0 Å². The van der Waals surface area contributed by atoms with Crippen LogP contribution in [0.2, 0.25) is 0 Å². The number of carbonyl (C=O) groups excluding carboxylic acids is 2. The van der Waals surface area contributed by atoms with Gasteiger partial charge in [0.25, 0.3) is 0 Å². The molecule has 0 saturated heterocycles. The number of thiazole rings is 1. The molecule has 0 radical (unpaired) electrons. The highest BCUT2D eigenvalue weighted by atomic mass is 32.1. The minimum Gasteiger partial charge on any atom is -0.355 e. The van der Waals surface area contributed by atoms with E-state index in [0.29, 0.717) is 17.4 Å². The molecule has 0 aromatic carbocycles. The van der Waals surface area contributed by atoms with Gasteiger partial charge >= 0.3 is 0 Å². The third kappa shape index (κ3) is 5.67. The second kappa shape index (κ2) is 7.93. The van der Waals surface area contributed by atoms with E-state index in [2.05, 4.69) is 21.7 Å². The van der Waals surface area contributed by atoms with E-state index < -0.39 is 0 Å². The fourth-order valence-electron chi connectivity index (χ4n) is 2.32. The van der Waals surface area contributed by atoms with E-state index in [0.717, 1.165) is 6.42 Å². The lowest BCUT2D eigenvalue weighted by Gasteiger charge is -2.12. The first-order valence-electron chi connectivity index (χ1n) is 7.30. The molecule has 0 fully saturated rings. The molecule has 0 aliphatic heterocycles. The maximum atomic E-state index is 11.8.